The molecule has 0 bridgehead atoms. The summed E-state index contributed by atoms with van der Waals surface area (Å²) >= 11 is 0. The van der Waals surface area contributed by atoms with E-state index >= 15 is 0 Å². The zero-order valence-electron chi connectivity index (χ0n) is 12.4. The van der Waals surface area contributed by atoms with Gasteiger partial charge in [-0.3, -0.25) is 9.29 Å². The highest BCUT2D eigenvalue weighted by Gasteiger charge is 2.28. The number of hydrogen-bond acceptors (Lipinski definition) is 4. The first-order chi connectivity index (χ1) is 10.6. The van der Waals surface area contributed by atoms with Gasteiger partial charge in [-0.1, -0.05) is 31.2 Å². The Bertz CT molecular complexity index is 757. The van der Waals surface area contributed by atoms with Crippen molar-refractivity contribution >= 4 is 15.7 Å². The Morgan fingerprint density at radius 2 is 1.91 bits per heavy atom. The second-order valence-electron chi connectivity index (χ2n) is 5.19. The average Bonchev–Trinajstić information content (AvgIpc) is 2.54. The van der Waals surface area contributed by atoms with Crippen LogP contribution < -0.4 is 9.04 Å². The summed E-state index contributed by atoms with van der Waals surface area (Å²) in [6.45, 7) is 2.74. The Kier molecular flexibility index (Phi) is 4.02. The molecule has 0 spiro atoms. The molecular formula is C16H18N2O3S. The van der Waals surface area contributed by atoms with E-state index in [4.69, 9.17) is 4.74 Å². The quantitative estimate of drug-likeness (QED) is 0.868. The van der Waals surface area contributed by atoms with Gasteiger partial charge in [0.2, 0.25) is 10.0 Å². The van der Waals surface area contributed by atoms with Gasteiger partial charge >= 0.3 is 0 Å². The molecule has 1 aliphatic rings. The monoisotopic (exact) mass is 318 g/mol. The number of aromatic nitrogens is 1. The number of ether oxygens (including phenoxy) is 1. The topological polar surface area (TPSA) is 59.5 Å². The van der Waals surface area contributed by atoms with Crippen molar-refractivity contribution in [3.63, 3.8) is 0 Å². The molecule has 0 aliphatic carbocycles. The van der Waals surface area contributed by atoms with Crippen molar-refractivity contribution in [2.75, 3.05) is 17.5 Å². The Morgan fingerprint density at radius 1 is 1.18 bits per heavy atom. The lowest BCUT2D eigenvalue weighted by Crippen LogP contribution is -2.38. The van der Waals surface area contributed by atoms with Crippen LogP contribution in [0.2, 0.25) is 0 Å². The SMILES string of the molecule is CCc1ccc(CS(=O)(=O)N2CCOc3ccncc32)cc1. The van der Waals surface area contributed by atoms with E-state index in [-0.39, 0.29) is 5.75 Å². The predicted molar refractivity (Wildman–Crippen MR) is 85.5 cm³/mol. The molecule has 6 heteroatoms. The lowest BCUT2D eigenvalue weighted by atomic mass is 10.1. The third kappa shape index (κ3) is 2.92. The molecule has 0 saturated heterocycles. The van der Waals surface area contributed by atoms with Gasteiger partial charge in [0.15, 0.2) is 0 Å². The van der Waals surface area contributed by atoms with E-state index in [1.54, 1.807) is 12.3 Å². The Morgan fingerprint density at radius 3 is 2.64 bits per heavy atom. The van der Waals surface area contributed by atoms with Crippen LogP contribution in [0.1, 0.15) is 18.1 Å². The fourth-order valence-corrected chi connectivity index (χ4v) is 4.05. The van der Waals surface area contributed by atoms with E-state index < -0.39 is 10.0 Å². The summed E-state index contributed by atoms with van der Waals surface area (Å²) in [4.78, 5) is 4.01. The molecule has 0 N–H and O–H groups in total. The van der Waals surface area contributed by atoms with Crippen molar-refractivity contribution in [3.8, 4) is 5.75 Å². The molecule has 2 heterocycles. The standard InChI is InChI=1S/C16H18N2O3S/c1-2-13-3-5-14(6-4-13)12-22(19,20)18-9-10-21-16-7-8-17-11-15(16)18/h3-8,11H,2,9-10,12H2,1H3. The van der Waals surface area contributed by atoms with E-state index in [1.165, 1.54) is 16.1 Å². The molecule has 5 nitrogen and oxygen atoms in total. The van der Waals surface area contributed by atoms with Gasteiger partial charge in [-0.25, -0.2) is 8.42 Å². The molecule has 1 aliphatic heterocycles. The minimum absolute atomic E-state index is 0.0225. The van der Waals surface area contributed by atoms with Crippen molar-refractivity contribution in [2.45, 2.75) is 19.1 Å². The van der Waals surface area contributed by atoms with Gasteiger partial charge in [0.05, 0.1) is 18.5 Å². The number of nitrogens with zero attached hydrogens (tertiary/aromatic N) is 2. The first kappa shape index (κ1) is 14.8. The maximum atomic E-state index is 12.7. The van der Waals surface area contributed by atoms with Gasteiger partial charge in [-0.2, -0.15) is 0 Å². The van der Waals surface area contributed by atoms with Crippen LogP contribution in [0.5, 0.6) is 5.75 Å². The summed E-state index contributed by atoms with van der Waals surface area (Å²) < 4.78 is 32.3. The van der Waals surface area contributed by atoms with Gasteiger partial charge in [0.25, 0.3) is 0 Å². The average molecular weight is 318 g/mol. The summed E-state index contributed by atoms with van der Waals surface area (Å²) in [5.41, 5.74) is 2.50. The molecule has 3 rings (SSSR count). The van der Waals surface area contributed by atoms with Gasteiger partial charge in [0.1, 0.15) is 18.0 Å². The number of anilines is 1. The molecule has 0 fully saturated rings. The summed E-state index contributed by atoms with van der Waals surface area (Å²) in [5.74, 6) is 0.539. The van der Waals surface area contributed by atoms with Crippen LogP contribution in [-0.4, -0.2) is 26.6 Å². The first-order valence-corrected chi connectivity index (χ1v) is 8.86. The predicted octanol–water partition coefficient (Wildman–Crippen LogP) is 2.37. The van der Waals surface area contributed by atoms with Crippen LogP contribution >= 0.6 is 0 Å². The molecule has 1 aromatic heterocycles. The molecule has 0 atom stereocenters. The molecule has 0 amide bonds. The molecule has 0 saturated carbocycles. The number of benzene rings is 1. The second kappa shape index (κ2) is 5.96. The maximum Gasteiger partial charge on any atom is 0.239 e. The van der Waals surface area contributed by atoms with E-state index in [0.717, 1.165) is 12.0 Å². The summed E-state index contributed by atoms with van der Waals surface area (Å²) in [6, 6.07) is 9.38. The first-order valence-electron chi connectivity index (χ1n) is 7.25. The summed E-state index contributed by atoms with van der Waals surface area (Å²) in [7, 11) is -3.46. The highest BCUT2D eigenvalue weighted by Crippen LogP contribution is 2.32. The van der Waals surface area contributed by atoms with Crippen molar-refractivity contribution in [2.24, 2.45) is 0 Å². The van der Waals surface area contributed by atoms with Crippen LogP contribution in [0.4, 0.5) is 5.69 Å². The van der Waals surface area contributed by atoms with Crippen molar-refractivity contribution in [3.05, 3.63) is 53.9 Å². The van der Waals surface area contributed by atoms with Gasteiger partial charge in [-0.05, 0) is 17.5 Å². The number of aryl methyl sites for hydroxylation is 1. The Balaban J connectivity index is 1.87. The third-order valence-electron chi connectivity index (χ3n) is 3.70. The largest absolute Gasteiger partial charge is 0.489 e. The van der Waals surface area contributed by atoms with Gasteiger partial charge in [0, 0.05) is 12.3 Å². The van der Waals surface area contributed by atoms with E-state index in [2.05, 4.69) is 11.9 Å². The number of hydrogen-bond donors (Lipinski definition) is 0. The Labute approximate surface area is 130 Å². The lowest BCUT2D eigenvalue weighted by Gasteiger charge is -2.29. The highest BCUT2D eigenvalue weighted by atomic mass is 32.2. The summed E-state index contributed by atoms with van der Waals surface area (Å²) in [6.07, 6.45) is 4.07. The van der Waals surface area contributed by atoms with Crippen LogP contribution in [0.15, 0.2) is 42.7 Å². The maximum absolute atomic E-state index is 12.7. The van der Waals surface area contributed by atoms with Crippen molar-refractivity contribution in [1.82, 2.24) is 4.98 Å². The number of pyridine rings is 1. The molecule has 2 aromatic rings. The second-order valence-corrected chi connectivity index (χ2v) is 7.08. The summed E-state index contributed by atoms with van der Waals surface area (Å²) in [5, 5.41) is 0. The fraction of sp³-hybridized carbons (Fsp3) is 0.312. The molecule has 0 unspecified atom stereocenters. The van der Waals surface area contributed by atoms with Crippen molar-refractivity contribution in [1.29, 1.82) is 0 Å². The zero-order valence-corrected chi connectivity index (χ0v) is 13.2. The zero-order chi connectivity index (χ0) is 15.6. The normalized spacial score (nSPS) is 14.3. The lowest BCUT2D eigenvalue weighted by molar-refractivity contribution is 0.315. The molecule has 116 valence electrons. The van der Waals surface area contributed by atoms with Gasteiger partial charge in [-0.15, -0.1) is 0 Å². The minimum atomic E-state index is -3.46. The number of rotatable bonds is 4. The molecule has 22 heavy (non-hydrogen) atoms. The number of fused-ring (bicyclic) bond motifs is 1. The van der Waals surface area contributed by atoms with Crippen LogP contribution in [0.25, 0.3) is 0 Å². The van der Waals surface area contributed by atoms with Crippen molar-refractivity contribution < 1.29 is 13.2 Å². The van der Waals surface area contributed by atoms with E-state index in [0.29, 0.717) is 24.6 Å². The third-order valence-corrected chi connectivity index (χ3v) is 5.45. The number of sulfonamides is 1. The van der Waals surface area contributed by atoms with Crippen LogP contribution in [0.3, 0.4) is 0 Å². The minimum Gasteiger partial charge on any atom is -0.489 e. The Hall–Kier alpha value is -2.08. The van der Waals surface area contributed by atoms with Gasteiger partial charge < -0.3 is 4.74 Å². The fourth-order valence-electron chi connectivity index (χ4n) is 2.49. The van der Waals surface area contributed by atoms with E-state index in [9.17, 15) is 8.42 Å². The molecule has 1 aromatic carbocycles. The van der Waals surface area contributed by atoms with Crippen LogP contribution in [-0.2, 0) is 22.2 Å². The van der Waals surface area contributed by atoms with Crippen LogP contribution in [0, 0.1) is 0 Å². The smallest absolute Gasteiger partial charge is 0.239 e. The van der Waals surface area contributed by atoms with E-state index in [1.807, 2.05) is 24.3 Å². The highest BCUT2D eigenvalue weighted by molar-refractivity contribution is 7.92. The molecule has 0 radical (unpaired) electrons. The molecular weight excluding hydrogens is 300 g/mol.